The van der Waals surface area contributed by atoms with Gasteiger partial charge < -0.3 is 10.6 Å². The van der Waals surface area contributed by atoms with Crippen molar-refractivity contribution in [3.63, 3.8) is 0 Å². The summed E-state index contributed by atoms with van der Waals surface area (Å²) in [6.45, 7) is 0.761. The van der Waals surface area contributed by atoms with Crippen LogP contribution in [-0.2, 0) is 4.79 Å². The highest BCUT2D eigenvalue weighted by Crippen LogP contribution is 2.37. The second-order valence-electron chi connectivity index (χ2n) is 5.06. The number of halogens is 1. The van der Waals surface area contributed by atoms with E-state index in [0.29, 0.717) is 6.42 Å². The first-order valence-corrected chi connectivity index (χ1v) is 7.66. The molecule has 2 aliphatic heterocycles. The van der Waals surface area contributed by atoms with Crippen LogP contribution in [0, 0.1) is 5.82 Å². The molecule has 3 rings (SSSR count). The number of nitrogens with one attached hydrogen (secondary N) is 2. The highest BCUT2D eigenvalue weighted by molar-refractivity contribution is 7.99. The van der Waals surface area contributed by atoms with Crippen LogP contribution in [0.4, 0.5) is 4.39 Å². The van der Waals surface area contributed by atoms with Gasteiger partial charge in [-0.05, 0) is 30.2 Å². The monoisotopic (exact) mass is 280 g/mol. The second kappa shape index (κ2) is 5.51. The number of carbonyl (C=O) groups excluding carboxylic acids is 1. The van der Waals surface area contributed by atoms with Crippen LogP contribution in [0.1, 0.15) is 30.9 Å². The first-order chi connectivity index (χ1) is 9.24. The van der Waals surface area contributed by atoms with Crippen LogP contribution in [0.3, 0.4) is 0 Å². The molecule has 102 valence electrons. The largest absolute Gasteiger partial charge is 0.352 e. The molecule has 1 fully saturated rings. The van der Waals surface area contributed by atoms with Gasteiger partial charge in [-0.3, -0.25) is 4.79 Å². The fourth-order valence-corrected chi connectivity index (χ4v) is 3.85. The van der Waals surface area contributed by atoms with Gasteiger partial charge in [0.2, 0.25) is 5.91 Å². The van der Waals surface area contributed by atoms with Crippen molar-refractivity contribution in [1.29, 1.82) is 0 Å². The lowest BCUT2D eigenvalue weighted by atomic mass is 10.0. The number of amides is 1. The zero-order valence-electron chi connectivity index (χ0n) is 10.6. The van der Waals surface area contributed by atoms with Gasteiger partial charge in [0.25, 0.3) is 0 Å². The van der Waals surface area contributed by atoms with Gasteiger partial charge in [-0.2, -0.15) is 0 Å². The number of benzene rings is 1. The Balaban J connectivity index is 1.67. The van der Waals surface area contributed by atoms with Crippen molar-refractivity contribution < 1.29 is 9.18 Å². The lowest BCUT2D eigenvalue weighted by molar-refractivity contribution is -0.119. The predicted molar refractivity (Wildman–Crippen MR) is 73.6 cm³/mol. The van der Waals surface area contributed by atoms with E-state index < -0.39 is 0 Å². The standard InChI is InChI=1S/C14H17FN2OS/c15-11-3-1-2-10-12(6-7-19-14(10)11)16-8-9-4-5-13(18)17-9/h1-3,9,12,16H,4-8H2,(H,17,18). The fourth-order valence-electron chi connectivity index (χ4n) is 2.71. The van der Waals surface area contributed by atoms with Gasteiger partial charge in [-0.25, -0.2) is 4.39 Å². The van der Waals surface area contributed by atoms with Crippen molar-refractivity contribution in [2.24, 2.45) is 0 Å². The maximum atomic E-state index is 13.7. The van der Waals surface area contributed by atoms with E-state index in [1.54, 1.807) is 17.8 Å². The molecule has 3 nitrogen and oxygen atoms in total. The van der Waals surface area contributed by atoms with Crippen molar-refractivity contribution in [2.45, 2.75) is 36.2 Å². The van der Waals surface area contributed by atoms with E-state index in [4.69, 9.17) is 0 Å². The zero-order chi connectivity index (χ0) is 13.2. The van der Waals surface area contributed by atoms with Crippen molar-refractivity contribution in [3.8, 4) is 0 Å². The van der Waals surface area contributed by atoms with E-state index in [-0.39, 0.29) is 23.8 Å². The number of fused-ring (bicyclic) bond motifs is 1. The molecule has 2 heterocycles. The molecule has 0 bridgehead atoms. The van der Waals surface area contributed by atoms with Crippen LogP contribution in [0.5, 0.6) is 0 Å². The lowest BCUT2D eigenvalue weighted by Crippen LogP contribution is -2.38. The van der Waals surface area contributed by atoms with Crippen molar-refractivity contribution in [1.82, 2.24) is 10.6 Å². The lowest BCUT2D eigenvalue weighted by Gasteiger charge is -2.27. The highest BCUT2D eigenvalue weighted by Gasteiger charge is 2.25. The summed E-state index contributed by atoms with van der Waals surface area (Å²) < 4.78 is 13.7. The molecule has 2 unspecified atom stereocenters. The first-order valence-electron chi connectivity index (χ1n) is 6.68. The smallest absolute Gasteiger partial charge is 0.220 e. The molecule has 1 aromatic carbocycles. The molecule has 0 aromatic heterocycles. The van der Waals surface area contributed by atoms with Gasteiger partial charge in [0.1, 0.15) is 5.82 Å². The third kappa shape index (κ3) is 2.77. The van der Waals surface area contributed by atoms with Crippen LogP contribution in [0.15, 0.2) is 23.1 Å². The number of carbonyl (C=O) groups is 1. The van der Waals surface area contributed by atoms with Crippen molar-refractivity contribution in [2.75, 3.05) is 12.3 Å². The topological polar surface area (TPSA) is 41.1 Å². The zero-order valence-corrected chi connectivity index (χ0v) is 11.4. The minimum Gasteiger partial charge on any atom is -0.352 e. The summed E-state index contributed by atoms with van der Waals surface area (Å²) in [5.41, 5.74) is 1.06. The van der Waals surface area contributed by atoms with Gasteiger partial charge >= 0.3 is 0 Å². The van der Waals surface area contributed by atoms with E-state index in [2.05, 4.69) is 10.6 Å². The van der Waals surface area contributed by atoms with Gasteiger partial charge in [-0.15, -0.1) is 11.8 Å². The van der Waals surface area contributed by atoms with Gasteiger partial charge in [-0.1, -0.05) is 12.1 Å². The molecule has 0 spiro atoms. The third-order valence-corrected chi connectivity index (χ3v) is 4.88. The molecule has 2 aliphatic rings. The predicted octanol–water partition coefficient (Wildman–Crippen LogP) is 2.23. The van der Waals surface area contributed by atoms with Gasteiger partial charge in [0.15, 0.2) is 0 Å². The van der Waals surface area contributed by atoms with E-state index in [1.807, 2.05) is 6.07 Å². The van der Waals surface area contributed by atoms with E-state index in [1.165, 1.54) is 6.07 Å². The summed E-state index contributed by atoms with van der Waals surface area (Å²) in [6, 6.07) is 5.70. The van der Waals surface area contributed by atoms with Gasteiger partial charge in [0, 0.05) is 29.9 Å². The molecule has 19 heavy (non-hydrogen) atoms. The number of rotatable bonds is 3. The van der Waals surface area contributed by atoms with E-state index >= 15 is 0 Å². The Hall–Kier alpha value is -1.07. The molecule has 0 aliphatic carbocycles. The average Bonchev–Trinajstić information content (AvgIpc) is 2.83. The molecule has 2 N–H and O–H groups in total. The van der Waals surface area contributed by atoms with Gasteiger partial charge in [0.05, 0.1) is 0 Å². The van der Waals surface area contributed by atoms with Crippen molar-refractivity contribution >= 4 is 17.7 Å². The Labute approximate surface area is 116 Å². The minimum atomic E-state index is -0.122. The van der Waals surface area contributed by atoms with Crippen LogP contribution in [-0.4, -0.2) is 24.2 Å². The van der Waals surface area contributed by atoms with Crippen LogP contribution < -0.4 is 10.6 Å². The highest BCUT2D eigenvalue weighted by atomic mass is 32.2. The Kier molecular flexibility index (Phi) is 3.75. The Morgan fingerprint density at radius 2 is 2.32 bits per heavy atom. The summed E-state index contributed by atoms with van der Waals surface area (Å²) in [4.78, 5) is 11.9. The Bertz CT molecular complexity index is 494. The van der Waals surface area contributed by atoms with E-state index in [0.717, 1.165) is 35.6 Å². The first kappa shape index (κ1) is 12.9. The average molecular weight is 280 g/mol. The molecule has 5 heteroatoms. The summed E-state index contributed by atoms with van der Waals surface area (Å²) in [7, 11) is 0. The number of hydrogen-bond donors (Lipinski definition) is 2. The number of hydrogen-bond acceptors (Lipinski definition) is 3. The molecule has 1 amide bonds. The fraction of sp³-hybridized carbons (Fsp3) is 0.500. The minimum absolute atomic E-state index is 0.122. The quantitative estimate of drug-likeness (QED) is 0.892. The molecule has 0 saturated carbocycles. The molecule has 2 atom stereocenters. The normalized spacial score (nSPS) is 26.1. The Morgan fingerprint density at radius 1 is 1.42 bits per heavy atom. The van der Waals surface area contributed by atoms with Crippen LogP contribution in [0.25, 0.3) is 0 Å². The number of thioether (sulfide) groups is 1. The van der Waals surface area contributed by atoms with E-state index in [9.17, 15) is 9.18 Å². The maximum absolute atomic E-state index is 13.7. The summed E-state index contributed by atoms with van der Waals surface area (Å²) >= 11 is 1.59. The molecule has 1 saturated heterocycles. The molecular weight excluding hydrogens is 263 g/mol. The Morgan fingerprint density at radius 3 is 3.11 bits per heavy atom. The third-order valence-electron chi connectivity index (χ3n) is 3.72. The molecular formula is C14H17FN2OS. The van der Waals surface area contributed by atoms with Crippen LogP contribution in [0.2, 0.25) is 0 Å². The SMILES string of the molecule is O=C1CCC(CNC2CCSc3c(F)cccc32)N1. The van der Waals surface area contributed by atoms with Crippen LogP contribution >= 0.6 is 11.8 Å². The summed E-state index contributed by atoms with van der Waals surface area (Å²) in [6.07, 6.45) is 2.52. The summed E-state index contributed by atoms with van der Waals surface area (Å²) in [5.74, 6) is 0.948. The maximum Gasteiger partial charge on any atom is 0.220 e. The van der Waals surface area contributed by atoms with Crippen molar-refractivity contribution in [3.05, 3.63) is 29.6 Å². The second-order valence-corrected chi connectivity index (χ2v) is 6.16. The molecule has 0 radical (unpaired) electrons. The summed E-state index contributed by atoms with van der Waals surface area (Å²) in [5, 5.41) is 6.42. The molecule has 1 aromatic rings.